The van der Waals surface area contributed by atoms with Gasteiger partial charge in [-0.2, -0.15) is 0 Å². The summed E-state index contributed by atoms with van der Waals surface area (Å²) >= 11 is 0. The van der Waals surface area contributed by atoms with Crippen LogP contribution in [0.5, 0.6) is 0 Å². The van der Waals surface area contributed by atoms with Crippen molar-refractivity contribution >= 4 is 5.91 Å². The Bertz CT molecular complexity index is 323. The number of piperazine rings is 1. The fraction of sp³-hybridized carbons (Fsp3) is 0.933. The van der Waals surface area contributed by atoms with Crippen molar-refractivity contribution in [2.24, 2.45) is 5.73 Å². The average molecular weight is 282 g/mol. The van der Waals surface area contributed by atoms with Crippen LogP contribution in [0.15, 0.2) is 0 Å². The molecule has 0 radical (unpaired) electrons. The molecular weight excluding hydrogens is 252 g/mol. The first kappa shape index (κ1) is 15.7. The van der Waals surface area contributed by atoms with Gasteiger partial charge in [0, 0.05) is 44.8 Å². The van der Waals surface area contributed by atoms with Crippen LogP contribution in [0.2, 0.25) is 0 Å². The van der Waals surface area contributed by atoms with Crippen molar-refractivity contribution in [1.29, 1.82) is 0 Å². The molecule has 0 aliphatic carbocycles. The average Bonchev–Trinajstić information content (AvgIpc) is 2.48. The van der Waals surface area contributed by atoms with Crippen molar-refractivity contribution in [2.45, 2.75) is 44.7 Å². The Morgan fingerprint density at radius 3 is 2.70 bits per heavy atom. The van der Waals surface area contributed by atoms with Gasteiger partial charge in [0.15, 0.2) is 0 Å². The molecule has 2 aliphatic heterocycles. The van der Waals surface area contributed by atoms with Crippen molar-refractivity contribution in [3.05, 3.63) is 0 Å². The minimum Gasteiger partial charge on any atom is -0.339 e. The maximum atomic E-state index is 12.6. The standard InChI is InChI=1S/C15H30N4O/c1-3-13-6-4-5-7-19(13)15(20)12-18-9-8-17(2)11-14(18)10-16/h13-14H,3-12,16H2,1-2H3. The topological polar surface area (TPSA) is 52.8 Å². The van der Waals surface area contributed by atoms with Crippen LogP contribution in [0.3, 0.4) is 0 Å². The fourth-order valence-electron chi connectivity index (χ4n) is 3.50. The third-order valence-electron chi connectivity index (χ3n) is 4.84. The highest BCUT2D eigenvalue weighted by molar-refractivity contribution is 5.78. The highest BCUT2D eigenvalue weighted by atomic mass is 16.2. The molecule has 2 unspecified atom stereocenters. The summed E-state index contributed by atoms with van der Waals surface area (Å²) in [6.07, 6.45) is 4.67. The lowest BCUT2D eigenvalue weighted by Gasteiger charge is -2.41. The molecule has 20 heavy (non-hydrogen) atoms. The number of carbonyl (C=O) groups excluding carboxylic acids is 1. The smallest absolute Gasteiger partial charge is 0.237 e. The van der Waals surface area contributed by atoms with E-state index in [0.717, 1.165) is 39.0 Å². The minimum atomic E-state index is 0.305. The van der Waals surface area contributed by atoms with Crippen LogP contribution in [0.4, 0.5) is 0 Å². The molecule has 2 atom stereocenters. The Labute approximate surface area is 123 Å². The molecule has 2 heterocycles. The summed E-state index contributed by atoms with van der Waals surface area (Å²) in [6.45, 7) is 7.27. The van der Waals surface area contributed by atoms with Gasteiger partial charge in [-0.3, -0.25) is 9.69 Å². The Kier molecular flexibility index (Phi) is 5.81. The zero-order chi connectivity index (χ0) is 14.5. The lowest BCUT2D eigenvalue weighted by Crippen LogP contribution is -2.58. The third-order valence-corrected chi connectivity index (χ3v) is 4.84. The fourth-order valence-corrected chi connectivity index (χ4v) is 3.50. The molecule has 2 rings (SSSR count). The van der Waals surface area contributed by atoms with E-state index >= 15 is 0 Å². The third kappa shape index (κ3) is 3.71. The first-order valence-electron chi connectivity index (χ1n) is 8.07. The van der Waals surface area contributed by atoms with E-state index in [1.165, 1.54) is 12.8 Å². The van der Waals surface area contributed by atoms with Gasteiger partial charge in [-0.25, -0.2) is 0 Å². The number of rotatable bonds is 4. The van der Waals surface area contributed by atoms with E-state index < -0.39 is 0 Å². The van der Waals surface area contributed by atoms with Crippen LogP contribution in [-0.4, -0.2) is 79.0 Å². The van der Waals surface area contributed by atoms with E-state index in [0.29, 0.717) is 31.1 Å². The Morgan fingerprint density at radius 1 is 1.20 bits per heavy atom. The van der Waals surface area contributed by atoms with E-state index in [9.17, 15) is 4.79 Å². The first-order valence-corrected chi connectivity index (χ1v) is 8.07. The molecule has 0 spiro atoms. The number of likely N-dealkylation sites (N-methyl/N-ethyl adjacent to an activating group) is 1. The maximum Gasteiger partial charge on any atom is 0.237 e. The van der Waals surface area contributed by atoms with E-state index in [-0.39, 0.29) is 0 Å². The second kappa shape index (κ2) is 7.38. The second-order valence-electron chi connectivity index (χ2n) is 6.27. The van der Waals surface area contributed by atoms with Crippen molar-refractivity contribution in [2.75, 3.05) is 46.3 Å². The number of amides is 1. The number of likely N-dealkylation sites (tertiary alicyclic amines) is 1. The van der Waals surface area contributed by atoms with Crippen LogP contribution in [0.1, 0.15) is 32.6 Å². The summed E-state index contributed by atoms with van der Waals surface area (Å²) < 4.78 is 0. The monoisotopic (exact) mass is 282 g/mol. The van der Waals surface area contributed by atoms with Crippen LogP contribution in [0.25, 0.3) is 0 Å². The minimum absolute atomic E-state index is 0.305. The molecule has 0 aromatic carbocycles. The highest BCUT2D eigenvalue weighted by Crippen LogP contribution is 2.20. The summed E-state index contributed by atoms with van der Waals surface area (Å²) in [5.41, 5.74) is 5.87. The van der Waals surface area contributed by atoms with Crippen molar-refractivity contribution in [1.82, 2.24) is 14.7 Å². The number of hydrogen-bond acceptors (Lipinski definition) is 4. The SMILES string of the molecule is CCC1CCCCN1C(=O)CN1CCN(C)CC1CN. The van der Waals surface area contributed by atoms with Gasteiger partial charge < -0.3 is 15.5 Å². The molecule has 2 aliphatic rings. The predicted molar refractivity (Wildman–Crippen MR) is 81.6 cm³/mol. The van der Waals surface area contributed by atoms with Gasteiger partial charge in [-0.1, -0.05) is 6.92 Å². The molecule has 2 saturated heterocycles. The van der Waals surface area contributed by atoms with Crippen LogP contribution < -0.4 is 5.73 Å². The summed E-state index contributed by atoms with van der Waals surface area (Å²) in [5, 5.41) is 0. The predicted octanol–water partition coefficient (Wildman–Crippen LogP) is 0.352. The van der Waals surface area contributed by atoms with Gasteiger partial charge in [0.25, 0.3) is 0 Å². The molecule has 1 amide bonds. The summed E-state index contributed by atoms with van der Waals surface area (Å²) in [5.74, 6) is 0.305. The second-order valence-corrected chi connectivity index (χ2v) is 6.27. The molecule has 5 heteroatoms. The largest absolute Gasteiger partial charge is 0.339 e. The van der Waals surface area contributed by atoms with Crippen molar-refractivity contribution in [3.63, 3.8) is 0 Å². The Hall–Kier alpha value is -0.650. The lowest BCUT2D eigenvalue weighted by atomic mass is 10.00. The zero-order valence-corrected chi connectivity index (χ0v) is 13.1. The van der Waals surface area contributed by atoms with Gasteiger partial charge in [-0.05, 0) is 32.7 Å². The van der Waals surface area contributed by atoms with E-state index in [4.69, 9.17) is 5.73 Å². The van der Waals surface area contributed by atoms with Crippen LogP contribution >= 0.6 is 0 Å². The van der Waals surface area contributed by atoms with Gasteiger partial charge in [0.2, 0.25) is 5.91 Å². The lowest BCUT2D eigenvalue weighted by molar-refractivity contribution is -0.137. The number of nitrogens with two attached hydrogens (primary N) is 1. The van der Waals surface area contributed by atoms with E-state index in [1.807, 2.05) is 0 Å². The quantitative estimate of drug-likeness (QED) is 0.808. The van der Waals surface area contributed by atoms with Gasteiger partial charge in [0.05, 0.1) is 6.54 Å². The molecule has 5 nitrogen and oxygen atoms in total. The zero-order valence-electron chi connectivity index (χ0n) is 13.1. The van der Waals surface area contributed by atoms with Gasteiger partial charge >= 0.3 is 0 Å². The number of carbonyl (C=O) groups is 1. The Morgan fingerprint density at radius 2 is 2.00 bits per heavy atom. The molecule has 2 N–H and O–H groups in total. The van der Waals surface area contributed by atoms with Crippen LogP contribution in [0, 0.1) is 0 Å². The maximum absolute atomic E-state index is 12.6. The Balaban J connectivity index is 1.92. The van der Waals surface area contributed by atoms with Crippen molar-refractivity contribution < 1.29 is 4.79 Å². The van der Waals surface area contributed by atoms with Gasteiger partial charge in [0.1, 0.15) is 0 Å². The van der Waals surface area contributed by atoms with Gasteiger partial charge in [-0.15, -0.1) is 0 Å². The molecule has 116 valence electrons. The first-order chi connectivity index (χ1) is 9.65. The molecule has 2 fully saturated rings. The van der Waals surface area contributed by atoms with Crippen molar-refractivity contribution in [3.8, 4) is 0 Å². The molecule has 0 bridgehead atoms. The number of piperidine rings is 1. The summed E-state index contributed by atoms with van der Waals surface area (Å²) in [4.78, 5) is 19.3. The number of hydrogen-bond donors (Lipinski definition) is 1. The molecular formula is C15H30N4O. The molecule has 0 aromatic rings. The van der Waals surface area contributed by atoms with E-state index in [2.05, 4.69) is 28.7 Å². The van der Waals surface area contributed by atoms with Crippen LogP contribution in [-0.2, 0) is 4.79 Å². The summed E-state index contributed by atoms with van der Waals surface area (Å²) in [7, 11) is 2.12. The molecule has 0 aromatic heterocycles. The highest BCUT2D eigenvalue weighted by Gasteiger charge is 2.30. The normalized spacial score (nSPS) is 29.6. The number of nitrogens with zero attached hydrogens (tertiary/aromatic N) is 3. The summed E-state index contributed by atoms with van der Waals surface area (Å²) in [6, 6.07) is 0.780. The van der Waals surface area contributed by atoms with E-state index in [1.54, 1.807) is 0 Å². The molecule has 0 saturated carbocycles.